The molecule has 116 valence electrons. The van der Waals surface area contributed by atoms with Crippen molar-refractivity contribution in [2.75, 3.05) is 19.0 Å². The standard InChI is InChI=1S/C16H19N3O3/c1-11-7-8-14(19(11)3)16(21)18-12-5-4-6-13(9-12)22-10-15(20)17-2/h4-9H,10H2,1-3H3,(H,17,20)(H,18,21). The normalized spacial score (nSPS) is 10.1. The Morgan fingerprint density at radius 1 is 1.23 bits per heavy atom. The summed E-state index contributed by atoms with van der Waals surface area (Å²) in [6.45, 7) is 1.87. The number of carbonyl (C=O) groups excluding carboxylic acids is 2. The molecule has 22 heavy (non-hydrogen) atoms. The van der Waals surface area contributed by atoms with Crippen molar-refractivity contribution in [2.24, 2.45) is 7.05 Å². The molecule has 0 aliphatic rings. The highest BCUT2D eigenvalue weighted by Gasteiger charge is 2.11. The minimum absolute atomic E-state index is 0.0646. The molecule has 0 unspecified atom stereocenters. The van der Waals surface area contributed by atoms with Gasteiger partial charge >= 0.3 is 0 Å². The Kier molecular flexibility index (Phi) is 4.83. The Hall–Kier alpha value is -2.76. The molecule has 0 radical (unpaired) electrons. The summed E-state index contributed by atoms with van der Waals surface area (Å²) in [5, 5.41) is 5.29. The van der Waals surface area contributed by atoms with Crippen LogP contribution in [0.5, 0.6) is 5.75 Å². The van der Waals surface area contributed by atoms with Gasteiger partial charge in [0.05, 0.1) is 0 Å². The zero-order valence-electron chi connectivity index (χ0n) is 12.8. The summed E-state index contributed by atoms with van der Waals surface area (Å²) in [7, 11) is 3.39. The number of aromatic nitrogens is 1. The number of anilines is 1. The van der Waals surface area contributed by atoms with Crippen LogP contribution in [0.25, 0.3) is 0 Å². The van der Waals surface area contributed by atoms with Crippen molar-refractivity contribution in [3.8, 4) is 5.75 Å². The number of nitrogens with zero attached hydrogens (tertiary/aromatic N) is 1. The van der Waals surface area contributed by atoms with Crippen molar-refractivity contribution in [2.45, 2.75) is 6.92 Å². The molecule has 1 aromatic carbocycles. The maximum atomic E-state index is 12.2. The summed E-state index contributed by atoms with van der Waals surface area (Å²) >= 11 is 0. The average molecular weight is 301 g/mol. The molecule has 0 bridgehead atoms. The van der Waals surface area contributed by atoms with E-state index in [4.69, 9.17) is 4.74 Å². The summed E-state index contributed by atoms with van der Waals surface area (Å²) in [6.07, 6.45) is 0. The van der Waals surface area contributed by atoms with Gasteiger partial charge in [-0.15, -0.1) is 0 Å². The minimum atomic E-state index is -0.214. The number of nitrogens with one attached hydrogen (secondary N) is 2. The second kappa shape index (κ2) is 6.80. The Morgan fingerprint density at radius 3 is 2.64 bits per heavy atom. The molecule has 0 atom stereocenters. The zero-order chi connectivity index (χ0) is 16.1. The number of hydrogen-bond acceptors (Lipinski definition) is 3. The number of aryl methyl sites for hydroxylation is 1. The van der Waals surface area contributed by atoms with Crippen LogP contribution in [0.3, 0.4) is 0 Å². The first kappa shape index (κ1) is 15.6. The fourth-order valence-corrected chi connectivity index (χ4v) is 1.92. The molecule has 0 spiro atoms. The third-order valence-corrected chi connectivity index (χ3v) is 3.35. The van der Waals surface area contributed by atoms with Crippen LogP contribution in [-0.2, 0) is 11.8 Å². The van der Waals surface area contributed by atoms with E-state index in [1.54, 1.807) is 37.4 Å². The Labute approximate surface area is 129 Å². The molecule has 1 aromatic heterocycles. The molecular weight excluding hydrogens is 282 g/mol. The van der Waals surface area contributed by atoms with E-state index in [9.17, 15) is 9.59 Å². The van der Waals surface area contributed by atoms with E-state index in [0.29, 0.717) is 17.1 Å². The van der Waals surface area contributed by atoms with Crippen LogP contribution in [0.4, 0.5) is 5.69 Å². The molecule has 0 aliphatic carbocycles. The molecule has 2 amide bonds. The van der Waals surface area contributed by atoms with Gasteiger partial charge < -0.3 is 19.9 Å². The predicted molar refractivity (Wildman–Crippen MR) is 84.1 cm³/mol. The fourth-order valence-electron chi connectivity index (χ4n) is 1.92. The van der Waals surface area contributed by atoms with E-state index in [0.717, 1.165) is 5.69 Å². The van der Waals surface area contributed by atoms with E-state index in [2.05, 4.69) is 10.6 Å². The van der Waals surface area contributed by atoms with Crippen LogP contribution in [-0.4, -0.2) is 30.0 Å². The van der Waals surface area contributed by atoms with Crippen molar-refractivity contribution in [1.82, 2.24) is 9.88 Å². The zero-order valence-corrected chi connectivity index (χ0v) is 12.8. The van der Waals surface area contributed by atoms with Gasteiger partial charge in [0.15, 0.2) is 6.61 Å². The van der Waals surface area contributed by atoms with Gasteiger partial charge in [0, 0.05) is 31.5 Å². The molecule has 6 heteroatoms. The summed E-state index contributed by atoms with van der Waals surface area (Å²) in [4.78, 5) is 23.4. The SMILES string of the molecule is CNC(=O)COc1cccc(NC(=O)c2ccc(C)n2C)c1. The number of carbonyl (C=O) groups is 2. The minimum Gasteiger partial charge on any atom is -0.484 e. The molecule has 1 heterocycles. The summed E-state index contributed by atoms with van der Waals surface area (Å²) in [6, 6.07) is 10.6. The molecular formula is C16H19N3O3. The molecule has 2 aromatic rings. The quantitative estimate of drug-likeness (QED) is 0.883. The number of benzene rings is 1. The number of amides is 2. The van der Waals surface area contributed by atoms with Crippen LogP contribution in [0.15, 0.2) is 36.4 Å². The largest absolute Gasteiger partial charge is 0.484 e. The monoisotopic (exact) mass is 301 g/mol. The topological polar surface area (TPSA) is 72.4 Å². The highest BCUT2D eigenvalue weighted by molar-refractivity contribution is 6.03. The Morgan fingerprint density at radius 2 is 2.00 bits per heavy atom. The molecule has 0 fully saturated rings. The molecule has 0 saturated carbocycles. The van der Waals surface area contributed by atoms with Gasteiger partial charge in [-0.25, -0.2) is 0 Å². The highest BCUT2D eigenvalue weighted by Crippen LogP contribution is 2.18. The Balaban J connectivity index is 2.05. The lowest BCUT2D eigenvalue weighted by Crippen LogP contribution is -2.24. The van der Waals surface area contributed by atoms with Crippen LogP contribution in [0.2, 0.25) is 0 Å². The van der Waals surface area contributed by atoms with Crippen molar-refractivity contribution in [1.29, 1.82) is 0 Å². The van der Waals surface area contributed by atoms with Crippen molar-refractivity contribution in [3.05, 3.63) is 47.8 Å². The van der Waals surface area contributed by atoms with Crippen LogP contribution < -0.4 is 15.4 Å². The lowest BCUT2D eigenvalue weighted by atomic mass is 10.3. The number of hydrogen-bond donors (Lipinski definition) is 2. The van der Waals surface area contributed by atoms with Gasteiger partial charge in [-0.1, -0.05) is 6.07 Å². The van der Waals surface area contributed by atoms with E-state index < -0.39 is 0 Å². The van der Waals surface area contributed by atoms with Gasteiger partial charge in [-0.3, -0.25) is 9.59 Å². The Bertz CT molecular complexity index is 692. The van der Waals surface area contributed by atoms with Gasteiger partial charge in [0.2, 0.25) is 0 Å². The summed E-state index contributed by atoms with van der Waals surface area (Å²) in [5.41, 5.74) is 2.19. The smallest absolute Gasteiger partial charge is 0.272 e. The van der Waals surface area contributed by atoms with Crippen LogP contribution in [0, 0.1) is 6.92 Å². The molecule has 0 aliphatic heterocycles. The maximum absolute atomic E-state index is 12.2. The number of rotatable bonds is 5. The lowest BCUT2D eigenvalue weighted by molar-refractivity contribution is -0.122. The van der Waals surface area contributed by atoms with Gasteiger partial charge in [0.1, 0.15) is 11.4 Å². The fraction of sp³-hybridized carbons (Fsp3) is 0.250. The molecule has 2 rings (SSSR count). The van der Waals surface area contributed by atoms with Gasteiger partial charge in [-0.05, 0) is 31.2 Å². The first-order chi connectivity index (χ1) is 10.5. The first-order valence-electron chi connectivity index (χ1n) is 6.88. The molecule has 6 nitrogen and oxygen atoms in total. The second-order valence-corrected chi connectivity index (χ2v) is 4.86. The van der Waals surface area contributed by atoms with Crippen molar-refractivity contribution >= 4 is 17.5 Å². The lowest BCUT2D eigenvalue weighted by Gasteiger charge is -2.09. The van der Waals surface area contributed by atoms with Crippen molar-refractivity contribution in [3.63, 3.8) is 0 Å². The van der Waals surface area contributed by atoms with Gasteiger partial charge in [-0.2, -0.15) is 0 Å². The van der Waals surface area contributed by atoms with Crippen LogP contribution >= 0.6 is 0 Å². The highest BCUT2D eigenvalue weighted by atomic mass is 16.5. The van der Waals surface area contributed by atoms with E-state index in [1.807, 2.05) is 24.6 Å². The number of likely N-dealkylation sites (N-methyl/N-ethyl adjacent to an activating group) is 1. The average Bonchev–Trinajstić information content (AvgIpc) is 2.85. The first-order valence-corrected chi connectivity index (χ1v) is 6.88. The third kappa shape index (κ3) is 3.66. The van der Waals surface area contributed by atoms with Gasteiger partial charge in [0.25, 0.3) is 11.8 Å². The summed E-state index contributed by atoms with van der Waals surface area (Å²) in [5.74, 6) is 0.109. The number of ether oxygens (including phenoxy) is 1. The predicted octanol–water partition coefficient (Wildman–Crippen LogP) is 1.71. The maximum Gasteiger partial charge on any atom is 0.272 e. The van der Waals surface area contributed by atoms with E-state index in [1.165, 1.54) is 0 Å². The molecule has 2 N–H and O–H groups in total. The van der Waals surface area contributed by atoms with E-state index in [-0.39, 0.29) is 18.4 Å². The molecule has 0 saturated heterocycles. The van der Waals surface area contributed by atoms with Crippen LogP contribution in [0.1, 0.15) is 16.2 Å². The summed E-state index contributed by atoms with van der Waals surface area (Å²) < 4.78 is 7.17. The second-order valence-electron chi connectivity index (χ2n) is 4.86. The van der Waals surface area contributed by atoms with E-state index >= 15 is 0 Å². The third-order valence-electron chi connectivity index (χ3n) is 3.35. The van der Waals surface area contributed by atoms with Crippen molar-refractivity contribution < 1.29 is 14.3 Å².